The van der Waals surface area contributed by atoms with Crippen LogP contribution < -0.4 is 10.6 Å². The first-order chi connectivity index (χ1) is 15.6. The molecule has 1 aliphatic carbocycles. The van der Waals surface area contributed by atoms with Crippen LogP contribution in [0, 0.1) is 23.7 Å². The lowest BCUT2D eigenvalue weighted by Crippen LogP contribution is -2.74. The summed E-state index contributed by atoms with van der Waals surface area (Å²) in [6.07, 6.45) is 2.96. The Balaban J connectivity index is 1.35. The van der Waals surface area contributed by atoms with Gasteiger partial charge in [0.15, 0.2) is 0 Å². The van der Waals surface area contributed by atoms with Gasteiger partial charge in [0.1, 0.15) is 5.54 Å². The van der Waals surface area contributed by atoms with Gasteiger partial charge in [-0.15, -0.1) is 0 Å². The van der Waals surface area contributed by atoms with Crippen molar-refractivity contribution in [3.8, 4) is 0 Å². The van der Waals surface area contributed by atoms with Crippen LogP contribution in [-0.4, -0.2) is 42.0 Å². The fourth-order valence-corrected chi connectivity index (χ4v) is 6.82. The fraction of sp³-hybridized carbons (Fsp3) is 0.536. The molecule has 4 bridgehead atoms. The van der Waals surface area contributed by atoms with Crippen LogP contribution in [0.3, 0.4) is 0 Å². The van der Waals surface area contributed by atoms with Gasteiger partial charge < -0.3 is 10.6 Å². The monoisotopic (exact) mass is 431 g/mol. The van der Waals surface area contributed by atoms with Crippen molar-refractivity contribution in [2.45, 2.75) is 51.2 Å². The lowest BCUT2D eigenvalue weighted by atomic mass is 9.57. The Bertz CT molecular complexity index is 915. The van der Waals surface area contributed by atoms with Gasteiger partial charge in [0, 0.05) is 38.1 Å². The molecule has 3 aliphatic heterocycles. The summed E-state index contributed by atoms with van der Waals surface area (Å²) in [5, 5.41) is 7.12. The summed E-state index contributed by atoms with van der Waals surface area (Å²) in [5.74, 6) is 2.46. The number of nitrogens with one attached hydrogen (secondary N) is 2. The van der Waals surface area contributed by atoms with Crippen LogP contribution in [-0.2, 0) is 17.8 Å². The van der Waals surface area contributed by atoms with Crippen LogP contribution in [0.4, 0.5) is 0 Å². The molecular formula is C28H37N3O. The number of fused-ring (bicyclic) bond motifs is 1. The molecule has 2 N–H and O–H groups in total. The maximum Gasteiger partial charge on any atom is 0.240 e. The zero-order chi connectivity index (χ0) is 22.1. The van der Waals surface area contributed by atoms with Crippen molar-refractivity contribution in [1.29, 1.82) is 0 Å². The Morgan fingerprint density at radius 2 is 1.78 bits per heavy atom. The third kappa shape index (κ3) is 3.99. The number of carbonyl (C=O) groups is 1. The fourth-order valence-electron chi connectivity index (χ4n) is 6.82. The van der Waals surface area contributed by atoms with Gasteiger partial charge in [0.05, 0.1) is 0 Å². The largest absolute Gasteiger partial charge is 0.354 e. The standard InChI is InChI=1S/C28H37N3O/c1-20(2)15-25-26-24-17-30-28(25,27(32)29-14-13-21-9-5-3-6-10-21)16-23(24)19-31(26)18-22-11-7-4-8-12-22/h3-12,20,23-26,30H,13-19H2,1-2H3,(H,29,32)/t23?,24?,25?,26-,28?/m0/s1. The first-order valence-electron chi connectivity index (χ1n) is 12.4. The van der Waals surface area contributed by atoms with E-state index in [0.29, 0.717) is 36.3 Å². The Labute approximate surface area is 192 Å². The third-order valence-electron chi connectivity index (χ3n) is 8.12. The molecule has 4 unspecified atom stereocenters. The molecule has 2 aromatic rings. The molecule has 1 saturated carbocycles. The number of nitrogens with zero attached hydrogens (tertiary/aromatic N) is 1. The molecule has 1 amide bonds. The number of carbonyl (C=O) groups excluding carboxylic acids is 1. The minimum Gasteiger partial charge on any atom is -0.354 e. The van der Waals surface area contributed by atoms with Gasteiger partial charge in [-0.05, 0) is 48.1 Å². The highest BCUT2D eigenvalue weighted by Crippen LogP contribution is 2.53. The summed E-state index contributed by atoms with van der Waals surface area (Å²) in [6, 6.07) is 21.8. The van der Waals surface area contributed by atoms with E-state index in [1.165, 1.54) is 11.1 Å². The van der Waals surface area contributed by atoms with E-state index in [2.05, 4.69) is 84.0 Å². The van der Waals surface area contributed by atoms with Crippen LogP contribution in [0.15, 0.2) is 60.7 Å². The molecule has 0 aromatic heterocycles. The van der Waals surface area contributed by atoms with E-state index in [1.54, 1.807) is 0 Å². The number of hydrogen-bond acceptors (Lipinski definition) is 3. The molecule has 3 heterocycles. The van der Waals surface area contributed by atoms with Gasteiger partial charge in [-0.25, -0.2) is 0 Å². The molecule has 4 heteroatoms. The first-order valence-corrected chi connectivity index (χ1v) is 12.4. The highest BCUT2D eigenvalue weighted by Gasteiger charge is 2.64. The number of hydrogen-bond donors (Lipinski definition) is 2. The predicted molar refractivity (Wildman–Crippen MR) is 129 cm³/mol. The van der Waals surface area contributed by atoms with Gasteiger partial charge in [-0.3, -0.25) is 9.69 Å². The van der Waals surface area contributed by atoms with E-state index in [0.717, 1.165) is 38.9 Å². The maximum atomic E-state index is 13.7. The Morgan fingerprint density at radius 3 is 2.47 bits per heavy atom. The second kappa shape index (κ2) is 8.99. The van der Waals surface area contributed by atoms with Gasteiger partial charge in [-0.2, -0.15) is 0 Å². The molecule has 170 valence electrons. The smallest absolute Gasteiger partial charge is 0.240 e. The lowest BCUT2D eigenvalue weighted by molar-refractivity contribution is -0.139. The normalized spacial score (nSPS) is 31.2. The highest BCUT2D eigenvalue weighted by atomic mass is 16.2. The lowest BCUT2D eigenvalue weighted by Gasteiger charge is -2.56. The van der Waals surface area contributed by atoms with Gasteiger partial charge in [-0.1, -0.05) is 74.5 Å². The summed E-state index contributed by atoms with van der Waals surface area (Å²) < 4.78 is 0. The Morgan fingerprint density at radius 1 is 1.09 bits per heavy atom. The van der Waals surface area contributed by atoms with Crippen LogP contribution >= 0.6 is 0 Å². The van der Waals surface area contributed by atoms with Crippen LogP contribution in [0.5, 0.6) is 0 Å². The zero-order valence-corrected chi connectivity index (χ0v) is 19.5. The van der Waals surface area contributed by atoms with E-state index in [9.17, 15) is 4.79 Å². The van der Waals surface area contributed by atoms with Crippen LogP contribution in [0.1, 0.15) is 37.8 Å². The van der Waals surface area contributed by atoms with Crippen LogP contribution in [0.25, 0.3) is 0 Å². The molecule has 0 radical (unpaired) electrons. The van der Waals surface area contributed by atoms with E-state index in [1.807, 2.05) is 6.07 Å². The topological polar surface area (TPSA) is 44.4 Å². The second-order valence-corrected chi connectivity index (χ2v) is 10.6. The van der Waals surface area contributed by atoms with E-state index in [-0.39, 0.29) is 5.91 Å². The van der Waals surface area contributed by atoms with Crippen molar-refractivity contribution >= 4 is 5.91 Å². The summed E-state index contributed by atoms with van der Waals surface area (Å²) >= 11 is 0. The number of piperidine rings is 2. The summed E-state index contributed by atoms with van der Waals surface area (Å²) in [6.45, 7) is 8.40. The molecule has 4 fully saturated rings. The average molecular weight is 432 g/mol. The average Bonchev–Trinajstić information content (AvgIpc) is 3.10. The summed E-state index contributed by atoms with van der Waals surface area (Å²) in [5.41, 5.74) is 2.24. The quantitative estimate of drug-likeness (QED) is 0.667. The number of benzene rings is 2. The second-order valence-electron chi connectivity index (χ2n) is 10.6. The summed E-state index contributed by atoms with van der Waals surface area (Å²) in [7, 11) is 0. The third-order valence-corrected chi connectivity index (χ3v) is 8.12. The Hall–Kier alpha value is -2.17. The van der Waals surface area contributed by atoms with E-state index < -0.39 is 5.54 Å². The highest BCUT2D eigenvalue weighted by molar-refractivity contribution is 5.87. The number of likely N-dealkylation sites (tertiary alicyclic amines) is 1. The van der Waals surface area contributed by atoms with Gasteiger partial charge in [0.25, 0.3) is 0 Å². The molecule has 4 nitrogen and oxygen atoms in total. The maximum absolute atomic E-state index is 13.7. The minimum absolute atomic E-state index is 0.230. The molecule has 0 spiro atoms. The minimum atomic E-state index is -0.420. The van der Waals surface area contributed by atoms with Crippen molar-refractivity contribution in [2.24, 2.45) is 23.7 Å². The van der Waals surface area contributed by atoms with Crippen molar-refractivity contribution < 1.29 is 4.79 Å². The molecule has 3 saturated heterocycles. The molecule has 2 aromatic carbocycles. The SMILES string of the molecule is CC(C)CC1[C@@H]2C3CNC1(C(=O)NCCc1ccccc1)CC3CN2Cc1ccccc1. The van der Waals surface area contributed by atoms with E-state index >= 15 is 0 Å². The van der Waals surface area contributed by atoms with Crippen LogP contribution in [0.2, 0.25) is 0 Å². The number of rotatable bonds is 8. The molecule has 32 heavy (non-hydrogen) atoms. The van der Waals surface area contributed by atoms with Gasteiger partial charge >= 0.3 is 0 Å². The Kier molecular flexibility index (Phi) is 6.09. The predicted octanol–water partition coefficient (Wildman–Crippen LogP) is 3.87. The molecule has 5 atom stereocenters. The van der Waals surface area contributed by atoms with Gasteiger partial charge in [0.2, 0.25) is 5.91 Å². The van der Waals surface area contributed by atoms with Crippen molar-refractivity contribution in [3.63, 3.8) is 0 Å². The van der Waals surface area contributed by atoms with Crippen molar-refractivity contribution in [3.05, 3.63) is 71.8 Å². The number of amides is 1. The zero-order valence-electron chi connectivity index (χ0n) is 19.5. The van der Waals surface area contributed by atoms with Crippen molar-refractivity contribution in [2.75, 3.05) is 19.6 Å². The molecular weight excluding hydrogens is 394 g/mol. The van der Waals surface area contributed by atoms with Crippen molar-refractivity contribution in [1.82, 2.24) is 15.5 Å². The molecule has 4 aliphatic rings. The first kappa shape index (κ1) is 21.7. The molecule has 6 rings (SSSR count). The summed E-state index contributed by atoms with van der Waals surface area (Å²) in [4.78, 5) is 16.5. The van der Waals surface area contributed by atoms with E-state index in [4.69, 9.17) is 0 Å².